The average Bonchev–Trinajstić information content (AvgIpc) is 2.89. The van der Waals surface area contributed by atoms with Crippen molar-refractivity contribution in [3.05, 3.63) is 23.8 Å². The quantitative estimate of drug-likeness (QED) is 0.900. The Balaban J connectivity index is 2.36. The molecule has 20 heavy (non-hydrogen) atoms. The molecule has 1 heterocycles. The lowest BCUT2D eigenvalue weighted by molar-refractivity contribution is -0.141. The van der Waals surface area contributed by atoms with Gasteiger partial charge in [-0.25, -0.2) is 8.42 Å². The fourth-order valence-electron chi connectivity index (χ4n) is 2.27. The van der Waals surface area contributed by atoms with E-state index in [-0.39, 0.29) is 23.7 Å². The number of nitrogens with zero attached hydrogens (tertiary/aromatic N) is 1. The Bertz CT molecular complexity index is 626. The first-order chi connectivity index (χ1) is 9.36. The second kappa shape index (κ2) is 5.41. The van der Waals surface area contributed by atoms with Gasteiger partial charge in [0.15, 0.2) is 0 Å². The zero-order valence-corrected chi connectivity index (χ0v) is 12.2. The van der Waals surface area contributed by atoms with E-state index in [9.17, 15) is 13.2 Å². The number of hydrogen-bond acceptors (Lipinski definition) is 4. The minimum Gasteiger partial charge on any atom is -0.495 e. The Morgan fingerprint density at radius 3 is 2.70 bits per heavy atom. The first kappa shape index (κ1) is 14.8. The lowest BCUT2D eigenvalue weighted by Gasteiger charge is -2.18. The molecule has 1 saturated heterocycles. The molecule has 2 rings (SSSR count). The predicted molar refractivity (Wildman–Crippen MR) is 72.2 cm³/mol. The van der Waals surface area contributed by atoms with E-state index in [2.05, 4.69) is 0 Å². The first-order valence-electron chi connectivity index (χ1n) is 6.24. The molecule has 7 heteroatoms. The third-order valence-corrected chi connectivity index (χ3v) is 5.32. The summed E-state index contributed by atoms with van der Waals surface area (Å²) >= 11 is 0. The zero-order valence-electron chi connectivity index (χ0n) is 11.4. The molecule has 1 aliphatic heterocycles. The van der Waals surface area contributed by atoms with Crippen LogP contribution < -0.4 is 4.74 Å². The lowest BCUT2D eigenvalue weighted by Crippen LogP contribution is -2.30. The van der Waals surface area contributed by atoms with Crippen molar-refractivity contribution in [2.45, 2.75) is 18.2 Å². The van der Waals surface area contributed by atoms with Crippen molar-refractivity contribution >= 4 is 16.0 Å². The molecule has 1 aromatic carbocycles. The van der Waals surface area contributed by atoms with Crippen molar-refractivity contribution < 1.29 is 23.1 Å². The maximum absolute atomic E-state index is 12.6. The Labute approximate surface area is 118 Å². The highest BCUT2D eigenvalue weighted by Gasteiger charge is 2.37. The van der Waals surface area contributed by atoms with Crippen LogP contribution in [-0.4, -0.2) is 44.0 Å². The molecule has 110 valence electrons. The Kier molecular flexibility index (Phi) is 4.01. The van der Waals surface area contributed by atoms with Gasteiger partial charge in [0, 0.05) is 13.1 Å². The highest BCUT2D eigenvalue weighted by Crippen LogP contribution is 2.31. The third-order valence-electron chi connectivity index (χ3n) is 3.44. The number of rotatable bonds is 4. The molecule has 1 atom stereocenters. The summed E-state index contributed by atoms with van der Waals surface area (Å²) in [5.74, 6) is -1.33. The van der Waals surface area contributed by atoms with Crippen LogP contribution in [0.25, 0.3) is 0 Å². The molecule has 1 aliphatic rings. The van der Waals surface area contributed by atoms with Gasteiger partial charge in [-0.1, -0.05) is 6.07 Å². The minimum atomic E-state index is -3.73. The van der Waals surface area contributed by atoms with Crippen LogP contribution in [0.5, 0.6) is 5.75 Å². The zero-order chi connectivity index (χ0) is 14.9. The van der Waals surface area contributed by atoms with E-state index in [0.29, 0.717) is 6.42 Å². The van der Waals surface area contributed by atoms with Crippen molar-refractivity contribution in [1.82, 2.24) is 4.31 Å². The lowest BCUT2D eigenvalue weighted by atomic mass is 10.1. The molecule has 1 fully saturated rings. The van der Waals surface area contributed by atoms with Gasteiger partial charge in [-0.15, -0.1) is 0 Å². The molecular formula is C13H17NO5S. The summed E-state index contributed by atoms with van der Waals surface area (Å²) in [6, 6.07) is 4.91. The molecule has 6 nitrogen and oxygen atoms in total. The van der Waals surface area contributed by atoms with Crippen LogP contribution in [0, 0.1) is 12.8 Å². The van der Waals surface area contributed by atoms with Gasteiger partial charge < -0.3 is 9.84 Å². The van der Waals surface area contributed by atoms with E-state index in [1.54, 1.807) is 25.1 Å². The molecule has 1 aromatic rings. The topological polar surface area (TPSA) is 83.9 Å². The van der Waals surface area contributed by atoms with E-state index in [1.165, 1.54) is 11.4 Å². The predicted octanol–water partition coefficient (Wildman–Crippen LogP) is 1.10. The van der Waals surface area contributed by atoms with E-state index < -0.39 is 21.9 Å². The average molecular weight is 299 g/mol. The maximum atomic E-state index is 12.6. The smallest absolute Gasteiger partial charge is 0.307 e. The summed E-state index contributed by atoms with van der Waals surface area (Å²) in [7, 11) is -2.31. The fourth-order valence-corrected chi connectivity index (χ4v) is 4.01. The van der Waals surface area contributed by atoms with Crippen molar-refractivity contribution in [1.29, 1.82) is 0 Å². The van der Waals surface area contributed by atoms with E-state index in [4.69, 9.17) is 9.84 Å². The standard InChI is InChI=1S/C13H17NO5S/c1-9-3-4-11(19-2)12(7-9)20(17,18)14-6-5-10(8-14)13(15)16/h3-4,7,10H,5-6,8H2,1-2H3,(H,15,16)/t10-/m1/s1. The van der Waals surface area contributed by atoms with Crippen LogP contribution >= 0.6 is 0 Å². The molecule has 0 saturated carbocycles. The highest BCUT2D eigenvalue weighted by molar-refractivity contribution is 7.89. The number of aryl methyl sites for hydroxylation is 1. The number of sulfonamides is 1. The van der Waals surface area contributed by atoms with Crippen LogP contribution in [0.2, 0.25) is 0 Å². The largest absolute Gasteiger partial charge is 0.495 e. The molecule has 1 N–H and O–H groups in total. The molecule has 0 amide bonds. The van der Waals surface area contributed by atoms with Gasteiger partial charge >= 0.3 is 5.97 Å². The summed E-state index contributed by atoms with van der Waals surface area (Å²) in [5, 5.41) is 8.97. The van der Waals surface area contributed by atoms with Gasteiger partial charge in [0.2, 0.25) is 10.0 Å². The van der Waals surface area contributed by atoms with Gasteiger partial charge in [-0.2, -0.15) is 4.31 Å². The number of carboxylic acids is 1. The van der Waals surface area contributed by atoms with Crippen molar-refractivity contribution in [2.75, 3.05) is 20.2 Å². The number of carboxylic acid groups (broad SMARTS) is 1. The number of methoxy groups -OCH3 is 1. The molecular weight excluding hydrogens is 282 g/mol. The first-order valence-corrected chi connectivity index (χ1v) is 7.68. The van der Waals surface area contributed by atoms with Crippen LogP contribution in [0.15, 0.2) is 23.1 Å². The van der Waals surface area contributed by atoms with Crippen molar-refractivity contribution in [3.63, 3.8) is 0 Å². The number of benzene rings is 1. The number of carbonyl (C=O) groups is 1. The van der Waals surface area contributed by atoms with Gasteiger partial charge in [0.25, 0.3) is 0 Å². The fraction of sp³-hybridized carbons (Fsp3) is 0.462. The van der Waals surface area contributed by atoms with Gasteiger partial charge in [-0.3, -0.25) is 4.79 Å². The van der Waals surface area contributed by atoms with Gasteiger partial charge in [-0.05, 0) is 31.0 Å². The number of aliphatic carboxylic acids is 1. The SMILES string of the molecule is COc1ccc(C)cc1S(=O)(=O)N1CC[C@@H](C(=O)O)C1. The van der Waals surface area contributed by atoms with Crippen LogP contribution in [0.3, 0.4) is 0 Å². The number of ether oxygens (including phenoxy) is 1. The summed E-state index contributed by atoms with van der Waals surface area (Å²) < 4.78 is 31.5. The molecule has 0 spiro atoms. The normalized spacial score (nSPS) is 20.0. The minimum absolute atomic E-state index is 0.00869. The summed E-state index contributed by atoms with van der Waals surface area (Å²) in [6.45, 7) is 2.02. The molecule has 0 aliphatic carbocycles. The third kappa shape index (κ3) is 2.64. The van der Waals surface area contributed by atoms with Crippen molar-refractivity contribution in [3.8, 4) is 5.75 Å². The highest BCUT2D eigenvalue weighted by atomic mass is 32.2. The van der Waals surface area contributed by atoms with Gasteiger partial charge in [0.05, 0.1) is 13.0 Å². The summed E-state index contributed by atoms with van der Waals surface area (Å²) in [5.41, 5.74) is 0.804. The van der Waals surface area contributed by atoms with Crippen LogP contribution in [0.4, 0.5) is 0 Å². The number of hydrogen-bond donors (Lipinski definition) is 1. The van der Waals surface area contributed by atoms with E-state index in [1.807, 2.05) is 0 Å². The second-order valence-electron chi connectivity index (χ2n) is 4.84. The molecule has 0 radical (unpaired) electrons. The Morgan fingerprint density at radius 2 is 2.15 bits per heavy atom. The van der Waals surface area contributed by atoms with E-state index in [0.717, 1.165) is 5.56 Å². The van der Waals surface area contributed by atoms with E-state index >= 15 is 0 Å². The van der Waals surface area contributed by atoms with Crippen molar-refractivity contribution in [2.24, 2.45) is 5.92 Å². The molecule has 0 aromatic heterocycles. The van der Waals surface area contributed by atoms with Crippen LogP contribution in [0.1, 0.15) is 12.0 Å². The second-order valence-corrected chi connectivity index (χ2v) is 6.75. The Hall–Kier alpha value is -1.60. The summed E-state index contributed by atoms with van der Waals surface area (Å²) in [6.07, 6.45) is 0.336. The molecule has 0 unspecified atom stereocenters. The maximum Gasteiger partial charge on any atom is 0.307 e. The van der Waals surface area contributed by atoms with Crippen LogP contribution in [-0.2, 0) is 14.8 Å². The molecule has 0 bridgehead atoms. The monoisotopic (exact) mass is 299 g/mol. The Morgan fingerprint density at radius 1 is 1.45 bits per heavy atom. The summed E-state index contributed by atoms with van der Waals surface area (Å²) in [4.78, 5) is 11.0. The van der Waals surface area contributed by atoms with Gasteiger partial charge in [0.1, 0.15) is 10.6 Å².